The Kier molecular flexibility index (Phi) is 6.71. The lowest BCUT2D eigenvalue weighted by molar-refractivity contribution is 0.0186. The Labute approximate surface area is 234 Å². The molecular weight excluding hydrogens is 557 g/mol. The standard InChI is InChI=1S/C29H25F3N4O4S/c1-40-24-6-8-33-26(14-24)28(37)29-15-18-16-34-36(23-4-2-20(30)3-5-23)27(18)10-19(29)7-9-35(17-29)41(38,39)25-12-21(31)11-22(32)13-25/h2-6,8,10-14,16,28,37H,7,9,15,17H2,1H3/t28-,29-/m0/s1. The molecule has 0 spiro atoms. The SMILES string of the molecule is COc1ccnc([C@H](O)[C@]23Cc4cnn(-c5ccc(F)cc5)c4C=C2CCN(S(=O)(=O)c2cc(F)cc(F)c2)C3)c1. The first kappa shape index (κ1) is 27.2. The van der Waals surface area contributed by atoms with Crippen molar-refractivity contribution >= 4 is 16.1 Å². The summed E-state index contributed by atoms with van der Waals surface area (Å²) >= 11 is 0. The number of hydrogen-bond donors (Lipinski definition) is 1. The number of hydrogen-bond acceptors (Lipinski definition) is 6. The molecule has 1 aliphatic heterocycles. The highest BCUT2D eigenvalue weighted by molar-refractivity contribution is 7.89. The van der Waals surface area contributed by atoms with Crippen molar-refractivity contribution in [2.24, 2.45) is 5.41 Å². The second-order valence-electron chi connectivity index (χ2n) is 10.2. The zero-order valence-corrected chi connectivity index (χ0v) is 22.7. The zero-order chi connectivity index (χ0) is 28.9. The van der Waals surface area contributed by atoms with Gasteiger partial charge in [-0.2, -0.15) is 9.40 Å². The molecule has 4 aromatic rings. The van der Waals surface area contributed by atoms with Gasteiger partial charge in [0.05, 0.1) is 35.3 Å². The molecule has 1 saturated heterocycles. The van der Waals surface area contributed by atoms with E-state index in [1.54, 1.807) is 35.1 Å². The minimum atomic E-state index is -4.33. The van der Waals surface area contributed by atoms with Gasteiger partial charge in [0.25, 0.3) is 0 Å². The van der Waals surface area contributed by atoms with Crippen molar-refractivity contribution < 1.29 is 31.4 Å². The van der Waals surface area contributed by atoms with E-state index in [0.29, 0.717) is 17.5 Å². The molecule has 212 valence electrons. The van der Waals surface area contributed by atoms with Gasteiger partial charge in [0.15, 0.2) is 0 Å². The van der Waals surface area contributed by atoms with E-state index in [2.05, 4.69) is 10.1 Å². The first-order valence-corrected chi connectivity index (χ1v) is 14.2. The number of aliphatic hydroxyl groups excluding tert-OH is 1. The Morgan fingerprint density at radius 2 is 1.76 bits per heavy atom. The molecule has 2 aromatic carbocycles. The molecule has 3 heterocycles. The van der Waals surface area contributed by atoms with Crippen LogP contribution in [0.5, 0.6) is 5.75 Å². The van der Waals surface area contributed by atoms with Crippen LogP contribution in [0.2, 0.25) is 0 Å². The van der Waals surface area contributed by atoms with E-state index in [-0.39, 0.29) is 37.4 Å². The predicted molar refractivity (Wildman–Crippen MR) is 143 cm³/mol. The fourth-order valence-corrected chi connectivity index (χ4v) is 7.28. The van der Waals surface area contributed by atoms with E-state index >= 15 is 0 Å². The summed E-state index contributed by atoms with van der Waals surface area (Å²) in [6.45, 7) is -0.160. The Morgan fingerprint density at radius 3 is 2.46 bits per heavy atom. The number of piperidine rings is 1. The van der Waals surface area contributed by atoms with Crippen molar-refractivity contribution in [2.45, 2.75) is 23.8 Å². The number of ether oxygens (including phenoxy) is 1. The maximum Gasteiger partial charge on any atom is 0.243 e. The van der Waals surface area contributed by atoms with Gasteiger partial charge >= 0.3 is 0 Å². The second-order valence-corrected chi connectivity index (χ2v) is 12.1. The maximum absolute atomic E-state index is 14.0. The number of halogens is 3. The number of aromatic nitrogens is 3. The smallest absolute Gasteiger partial charge is 0.243 e. The summed E-state index contributed by atoms with van der Waals surface area (Å²) < 4.78 is 77.0. The van der Waals surface area contributed by atoms with Crippen LogP contribution in [0, 0.1) is 22.9 Å². The first-order valence-electron chi connectivity index (χ1n) is 12.8. The number of aliphatic hydroxyl groups is 1. The van der Waals surface area contributed by atoms with Gasteiger partial charge in [0, 0.05) is 36.8 Å². The third kappa shape index (κ3) is 4.71. The van der Waals surface area contributed by atoms with Crippen LogP contribution < -0.4 is 4.74 Å². The molecule has 0 bridgehead atoms. The van der Waals surface area contributed by atoms with Gasteiger partial charge in [-0.25, -0.2) is 26.3 Å². The fourth-order valence-electron chi connectivity index (χ4n) is 5.73. The van der Waals surface area contributed by atoms with Crippen molar-refractivity contribution in [1.82, 2.24) is 19.1 Å². The summed E-state index contributed by atoms with van der Waals surface area (Å²) in [7, 11) is -2.84. The van der Waals surface area contributed by atoms with Gasteiger partial charge in [0.2, 0.25) is 10.0 Å². The molecule has 1 N–H and O–H groups in total. The number of pyridine rings is 1. The molecule has 2 aromatic heterocycles. The number of fused-ring (bicyclic) bond motifs is 2. The van der Waals surface area contributed by atoms with Crippen LogP contribution in [0.25, 0.3) is 11.8 Å². The van der Waals surface area contributed by atoms with E-state index in [1.165, 1.54) is 25.4 Å². The van der Waals surface area contributed by atoms with Crippen LogP contribution in [0.15, 0.2) is 77.5 Å². The van der Waals surface area contributed by atoms with Crippen molar-refractivity contribution in [3.63, 3.8) is 0 Å². The van der Waals surface area contributed by atoms with E-state index < -0.39 is 38.1 Å². The average Bonchev–Trinajstić information content (AvgIpc) is 3.37. The van der Waals surface area contributed by atoms with Crippen LogP contribution in [0.3, 0.4) is 0 Å². The molecule has 1 fully saturated rings. The highest BCUT2D eigenvalue weighted by atomic mass is 32.2. The Bertz CT molecular complexity index is 1750. The number of rotatable bonds is 6. The van der Waals surface area contributed by atoms with E-state index in [9.17, 15) is 26.7 Å². The molecule has 6 rings (SSSR count). The predicted octanol–water partition coefficient (Wildman–Crippen LogP) is 4.45. The van der Waals surface area contributed by atoms with Gasteiger partial charge in [-0.05, 0) is 66.9 Å². The Hall–Kier alpha value is -4.00. The van der Waals surface area contributed by atoms with E-state index in [4.69, 9.17) is 4.74 Å². The first-order chi connectivity index (χ1) is 19.6. The summed E-state index contributed by atoms with van der Waals surface area (Å²) in [5.41, 5.74) is 1.97. The van der Waals surface area contributed by atoms with E-state index in [1.807, 2.05) is 6.08 Å². The summed E-state index contributed by atoms with van der Waals surface area (Å²) in [6, 6.07) is 11.3. The second kappa shape index (κ2) is 10.1. The van der Waals surface area contributed by atoms with Gasteiger partial charge in [-0.15, -0.1) is 0 Å². The van der Waals surface area contributed by atoms with Crippen LogP contribution in [-0.2, 0) is 16.4 Å². The lowest BCUT2D eigenvalue weighted by Gasteiger charge is -2.48. The molecule has 0 radical (unpaired) electrons. The lowest BCUT2D eigenvalue weighted by Crippen LogP contribution is -2.52. The van der Waals surface area contributed by atoms with Gasteiger partial charge in [0.1, 0.15) is 29.3 Å². The molecule has 2 atom stereocenters. The minimum Gasteiger partial charge on any atom is -0.497 e. The minimum absolute atomic E-state index is 0.0202. The average molecular weight is 583 g/mol. The normalized spacial score (nSPS) is 19.7. The van der Waals surface area contributed by atoms with Crippen LogP contribution >= 0.6 is 0 Å². The maximum atomic E-state index is 14.0. The van der Waals surface area contributed by atoms with Gasteiger partial charge in [-0.3, -0.25) is 4.98 Å². The molecule has 41 heavy (non-hydrogen) atoms. The highest BCUT2D eigenvalue weighted by Crippen LogP contribution is 2.52. The van der Waals surface area contributed by atoms with E-state index in [0.717, 1.165) is 33.3 Å². The summed E-state index contributed by atoms with van der Waals surface area (Å²) in [6.07, 6.45) is 4.16. The number of sulfonamides is 1. The van der Waals surface area contributed by atoms with Crippen molar-refractivity contribution in [1.29, 1.82) is 0 Å². The third-order valence-corrected chi connectivity index (χ3v) is 9.59. The summed E-state index contributed by atoms with van der Waals surface area (Å²) in [4.78, 5) is 3.85. The number of benzene rings is 2. The largest absolute Gasteiger partial charge is 0.497 e. The highest BCUT2D eigenvalue weighted by Gasteiger charge is 2.51. The molecule has 0 unspecified atom stereocenters. The van der Waals surface area contributed by atoms with Crippen molar-refractivity contribution in [3.05, 3.63) is 107 Å². The van der Waals surface area contributed by atoms with Crippen LogP contribution in [0.4, 0.5) is 13.2 Å². The quantitative estimate of drug-likeness (QED) is 0.361. The number of nitrogens with zero attached hydrogens (tertiary/aromatic N) is 4. The topological polar surface area (TPSA) is 97.6 Å². The summed E-state index contributed by atoms with van der Waals surface area (Å²) in [5, 5.41) is 16.4. The molecule has 1 aliphatic carbocycles. The van der Waals surface area contributed by atoms with Crippen LogP contribution in [-0.4, -0.2) is 52.8 Å². The Balaban J connectivity index is 1.46. The number of methoxy groups -OCH3 is 1. The molecule has 2 aliphatic rings. The van der Waals surface area contributed by atoms with Gasteiger partial charge in [-0.1, -0.05) is 5.57 Å². The van der Waals surface area contributed by atoms with Crippen LogP contribution in [0.1, 0.15) is 29.5 Å². The molecule has 0 amide bonds. The Morgan fingerprint density at radius 1 is 1.02 bits per heavy atom. The molecular formula is C29H25F3N4O4S. The van der Waals surface area contributed by atoms with Crippen molar-refractivity contribution in [3.8, 4) is 11.4 Å². The molecule has 12 heteroatoms. The molecule has 0 saturated carbocycles. The monoisotopic (exact) mass is 582 g/mol. The van der Waals surface area contributed by atoms with Gasteiger partial charge < -0.3 is 9.84 Å². The molecule has 8 nitrogen and oxygen atoms in total. The third-order valence-electron chi connectivity index (χ3n) is 7.77. The fraction of sp³-hybridized carbons (Fsp3) is 0.241. The zero-order valence-electron chi connectivity index (χ0n) is 21.8. The summed E-state index contributed by atoms with van der Waals surface area (Å²) in [5.74, 6) is -1.93. The van der Waals surface area contributed by atoms with Crippen molar-refractivity contribution in [2.75, 3.05) is 20.2 Å². The lowest BCUT2D eigenvalue weighted by atomic mass is 9.64.